The number of nitrogens with zero attached hydrogens (tertiary/aromatic N) is 1. The quantitative estimate of drug-likeness (QED) is 0.372. The van der Waals surface area contributed by atoms with Gasteiger partial charge >= 0.3 is 0 Å². The van der Waals surface area contributed by atoms with Gasteiger partial charge in [0.15, 0.2) is 0 Å². The number of hydrazone groups is 1. The SMILES string of the molecule is C/C(=N/Nc1ccccc1)c1ccc2c(c1)Nc1ccccc1S2. The number of benzene rings is 3. The fraction of sp³-hybridized carbons (Fsp3) is 0.0500. The van der Waals surface area contributed by atoms with Crippen LogP contribution >= 0.6 is 11.8 Å². The Labute approximate surface area is 145 Å². The molecule has 1 heterocycles. The first-order chi connectivity index (χ1) is 11.8. The monoisotopic (exact) mass is 331 g/mol. The molecular weight excluding hydrogens is 314 g/mol. The van der Waals surface area contributed by atoms with Gasteiger partial charge in [0.05, 0.1) is 22.8 Å². The number of para-hydroxylation sites is 2. The first kappa shape index (κ1) is 14.8. The van der Waals surface area contributed by atoms with Crippen LogP contribution in [0.5, 0.6) is 0 Å². The number of rotatable bonds is 3. The van der Waals surface area contributed by atoms with Crippen molar-refractivity contribution in [2.75, 3.05) is 10.7 Å². The molecular formula is C20H17N3S. The summed E-state index contributed by atoms with van der Waals surface area (Å²) in [6, 6.07) is 24.8. The number of nitrogens with one attached hydrogen (secondary N) is 2. The Balaban J connectivity index is 1.58. The maximum absolute atomic E-state index is 4.49. The molecule has 24 heavy (non-hydrogen) atoms. The molecule has 0 bridgehead atoms. The second-order valence-electron chi connectivity index (χ2n) is 5.61. The summed E-state index contributed by atoms with van der Waals surface area (Å²) in [6.45, 7) is 2.02. The van der Waals surface area contributed by atoms with E-state index in [1.54, 1.807) is 11.8 Å². The van der Waals surface area contributed by atoms with Crippen molar-refractivity contribution in [1.29, 1.82) is 0 Å². The van der Waals surface area contributed by atoms with Crippen LogP contribution in [0.2, 0.25) is 0 Å². The predicted molar refractivity (Wildman–Crippen MR) is 103 cm³/mol. The summed E-state index contributed by atoms with van der Waals surface area (Å²) in [5, 5.41) is 8.00. The van der Waals surface area contributed by atoms with Crippen LogP contribution in [0.1, 0.15) is 12.5 Å². The largest absolute Gasteiger partial charge is 0.354 e. The van der Waals surface area contributed by atoms with Gasteiger partial charge in [0.25, 0.3) is 0 Å². The van der Waals surface area contributed by atoms with Gasteiger partial charge in [-0.15, -0.1) is 0 Å². The summed E-state index contributed by atoms with van der Waals surface area (Å²) in [6.07, 6.45) is 0. The fourth-order valence-corrected chi connectivity index (χ4v) is 3.56. The van der Waals surface area contributed by atoms with Crippen LogP contribution in [0, 0.1) is 0 Å². The lowest BCUT2D eigenvalue weighted by Crippen LogP contribution is -2.04. The molecule has 3 aromatic rings. The van der Waals surface area contributed by atoms with Gasteiger partial charge in [-0.25, -0.2) is 0 Å². The highest BCUT2D eigenvalue weighted by molar-refractivity contribution is 7.99. The molecule has 4 rings (SSSR count). The van der Waals surface area contributed by atoms with Gasteiger partial charge in [-0.1, -0.05) is 48.2 Å². The molecule has 0 saturated carbocycles. The Morgan fingerprint density at radius 1 is 0.875 bits per heavy atom. The minimum absolute atomic E-state index is 0.951. The molecule has 4 heteroatoms. The van der Waals surface area contributed by atoms with Crippen LogP contribution in [-0.2, 0) is 0 Å². The lowest BCUT2D eigenvalue weighted by molar-refractivity contribution is 1.29. The first-order valence-electron chi connectivity index (χ1n) is 7.83. The standard InChI is InChI=1S/C20H17N3S/c1-14(22-23-16-7-3-2-4-8-16)15-11-12-20-18(13-15)21-17-9-5-6-10-19(17)24-20/h2-13,21,23H,1H3/b22-14-. The zero-order valence-corrected chi connectivity index (χ0v) is 14.1. The maximum atomic E-state index is 4.49. The predicted octanol–water partition coefficient (Wildman–Crippen LogP) is 5.73. The molecule has 0 radical (unpaired) electrons. The third-order valence-corrected chi connectivity index (χ3v) is 5.05. The van der Waals surface area contributed by atoms with Crippen molar-refractivity contribution in [2.24, 2.45) is 5.10 Å². The smallest absolute Gasteiger partial charge is 0.0649 e. The second kappa shape index (κ2) is 6.42. The van der Waals surface area contributed by atoms with E-state index < -0.39 is 0 Å². The Kier molecular flexibility index (Phi) is 3.97. The second-order valence-corrected chi connectivity index (χ2v) is 6.69. The van der Waals surface area contributed by atoms with Crippen molar-refractivity contribution in [3.05, 3.63) is 78.4 Å². The van der Waals surface area contributed by atoms with E-state index in [-0.39, 0.29) is 0 Å². The van der Waals surface area contributed by atoms with E-state index in [2.05, 4.69) is 58.3 Å². The van der Waals surface area contributed by atoms with Crippen molar-refractivity contribution in [3.8, 4) is 0 Å². The van der Waals surface area contributed by atoms with E-state index in [1.807, 2.05) is 37.3 Å². The topological polar surface area (TPSA) is 36.4 Å². The summed E-state index contributed by atoms with van der Waals surface area (Å²) in [5.74, 6) is 0. The van der Waals surface area contributed by atoms with E-state index >= 15 is 0 Å². The Hall–Kier alpha value is -2.72. The minimum Gasteiger partial charge on any atom is -0.354 e. The highest BCUT2D eigenvalue weighted by atomic mass is 32.2. The molecule has 0 aromatic heterocycles. The summed E-state index contributed by atoms with van der Waals surface area (Å²) in [7, 11) is 0. The number of hydrogen-bond acceptors (Lipinski definition) is 4. The van der Waals surface area contributed by atoms with Gasteiger partial charge in [-0.05, 0) is 48.9 Å². The first-order valence-corrected chi connectivity index (χ1v) is 8.65. The van der Waals surface area contributed by atoms with Gasteiger partial charge in [0, 0.05) is 9.79 Å². The van der Waals surface area contributed by atoms with Crippen LogP contribution in [0.15, 0.2) is 87.7 Å². The normalized spacial score (nSPS) is 12.8. The zero-order chi connectivity index (χ0) is 16.4. The van der Waals surface area contributed by atoms with Gasteiger partial charge in [0.1, 0.15) is 0 Å². The van der Waals surface area contributed by atoms with Crippen molar-refractivity contribution in [1.82, 2.24) is 0 Å². The van der Waals surface area contributed by atoms with Crippen molar-refractivity contribution >= 4 is 34.5 Å². The zero-order valence-electron chi connectivity index (χ0n) is 13.3. The molecule has 0 saturated heterocycles. The van der Waals surface area contributed by atoms with E-state index in [0.717, 1.165) is 28.3 Å². The summed E-state index contributed by atoms with van der Waals surface area (Å²) in [5.41, 5.74) is 8.42. The van der Waals surface area contributed by atoms with Gasteiger partial charge in [-0.3, -0.25) is 5.43 Å². The summed E-state index contributed by atoms with van der Waals surface area (Å²) >= 11 is 1.80. The third kappa shape index (κ3) is 3.01. The van der Waals surface area contributed by atoms with Crippen molar-refractivity contribution < 1.29 is 0 Å². The molecule has 3 aromatic carbocycles. The van der Waals surface area contributed by atoms with Crippen LogP contribution in [0.25, 0.3) is 0 Å². The molecule has 118 valence electrons. The highest BCUT2D eigenvalue weighted by Crippen LogP contribution is 2.44. The van der Waals surface area contributed by atoms with Gasteiger partial charge < -0.3 is 5.32 Å². The Bertz CT molecular complexity index is 904. The molecule has 0 amide bonds. The molecule has 0 fully saturated rings. The van der Waals surface area contributed by atoms with Crippen molar-refractivity contribution in [3.63, 3.8) is 0 Å². The lowest BCUT2D eigenvalue weighted by Gasteiger charge is -2.21. The minimum atomic E-state index is 0.951. The number of hydrogen-bond donors (Lipinski definition) is 2. The van der Waals surface area contributed by atoms with Crippen LogP contribution in [0.3, 0.4) is 0 Å². The molecule has 1 aliphatic heterocycles. The summed E-state index contributed by atoms with van der Waals surface area (Å²) in [4.78, 5) is 2.50. The van der Waals surface area contributed by atoms with Crippen molar-refractivity contribution in [2.45, 2.75) is 16.7 Å². The van der Waals surface area contributed by atoms with Crippen LogP contribution in [-0.4, -0.2) is 5.71 Å². The molecule has 0 atom stereocenters. The van der Waals surface area contributed by atoms with Crippen LogP contribution in [0.4, 0.5) is 17.1 Å². The highest BCUT2D eigenvalue weighted by Gasteiger charge is 2.15. The van der Waals surface area contributed by atoms with E-state index in [4.69, 9.17) is 0 Å². The average Bonchev–Trinajstić information content (AvgIpc) is 2.64. The number of anilines is 3. The summed E-state index contributed by atoms with van der Waals surface area (Å²) < 4.78 is 0. The van der Waals surface area contributed by atoms with E-state index in [0.29, 0.717) is 0 Å². The van der Waals surface area contributed by atoms with E-state index in [9.17, 15) is 0 Å². The molecule has 3 nitrogen and oxygen atoms in total. The Morgan fingerprint density at radius 3 is 2.50 bits per heavy atom. The molecule has 2 N–H and O–H groups in total. The molecule has 0 unspecified atom stereocenters. The number of fused-ring (bicyclic) bond motifs is 2. The van der Waals surface area contributed by atoms with Gasteiger partial charge in [-0.2, -0.15) is 5.10 Å². The lowest BCUT2D eigenvalue weighted by atomic mass is 10.1. The maximum Gasteiger partial charge on any atom is 0.0649 e. The molecule has 0 spiro atoms. The van der Waals surface area contributed by atoms with Crippen LogP contribution < -0.4 is 10.7 Å². The third-order valence-electron chi connectivity index (χ3n) is 3.90. The van der Waals surface area contributed by atoms with Gasteiger partial charge in [0.2, 0.25) is 0 Å². The molecule has 0 aliphatic carbocycles. The average molecular weight is 331 g/mol. The Morgan fingerprint density at radius 2 is 1.62 bits per heavy atom. The molecule has 1 aliphatic rings. The fourth-order valence-electron chi connectivity index (χ4n) is 2.59. The van der Waals surface area contributed by atoms with E-state index in [1.165, 1.54) is 9.79 Å².